The van der Waals surface area contributed by atoms with Gasteiger partial charge in [0.15, 0.2) is 0 Å². The molecule has 0 aromatic heterocycles. The minimum atomic E-state index is 0.849. The average Bonchev–Trinajstić information content (AvgIpc) is 2.51. The summed E-state index contributed by atoms with van der Waals surface area (Å²) in [6.45, 7) is 0. The average molecular weight is 259 g/mol. The normalized spacial score (nSPS) is 13.4. The Morgan fingerprint density at radius 2 is 1.25 bits per heavy atom. The minimum absolute atomic E-state index is 0.849. The van der Waals surface area contributed by atoms with Crippen LogP contribution in [0.4, 0.5) is 0 Å². The molecule has 0 amide bonds. The first-order valence-corrected chi connectivity index (χ1v) is 6.63. The molecule has 0 saturated heterocycles. The lowest BCUT2D eigenvalue weighted by molar-refractivity contribution is -0.364. The van der Waals surface area contributed by atoms with Gasteiger partial charge in [0.25, 0.3) is 0 Å². The Balaban J connectivity index is 1.78. The number of rotatable bonds is 2. The summed E-state index contributed by atoms with van der Waals surface area (Å²) in [5, 5.41) is 0. The molecule has 2 aromatic carbocycles. The van der Waals surface area contributed by atoms with E-state index in [1.54, 1.807) is 0 Å². The van der Waals surface area contributed by atoms with Crippen molar-refractivity contribution in [2.24, 2.45) is 0 Å². The van der Waals surface area contributed by atoms with Gasteiger partial charge in [-0.1, -0.05) is 48.5 Å². The highest BCUT2D eigenvalue weighted by molar-refractivity contribution is 6.02. The third-order valence-corrected chi connectivity index (χ3v) is 2.99. The van der Waals surface area contributed by atoms with Crippen LogP contribution in [-0.2, 0) is 4.42 Å². The fourth-order valence-corrected chi connectivity index (χ4v) is 2.00. The first kappa shape index (κ1) is 12.4. The largest absolute Gasteiger partial charge is 0.353 e. The lowest BCUT2D eigenvalue weighted by Gasteiger charge is -1.98. The van der Waals surface area contributed by atoms with E-state index in [2.05, 4.69) is 30.4 Å². The molecule has 0 bridgehead atoms. The molecule has 0 aliphatic heterocycles. The predicted octanol–water partition coefficient (Wildman–Crippen LogP) is 4.71. The van der Waals surface area contributed by atoms with Crippen molar-refractivity contribution >= 4 is 11.9 Å². The summed E-state index contributed by atoms with van der Waals surface area (Å²) in [4.78, 5) is 0. The van der Waals surface area contributed by atoms with Gasteiger partial charge in [0.1, 0.15) is 0 Å². The number of benzene rings is 2. The van der Waals surface area contributed by atoms with E-state index >= 15 is 0 Å². The van der Waals surface area contributed by atoms with Crippen LogP contribution in [0, 0.1) is 0 Å². The van der Waals surface area contributed by atoms with E-state index in [1.807, 2.05) is 60.7 Å². The summed E-state index contributed by atoms with van der Waals surface area (Å²) < 4.78 is 5.77. The molecule has 20 heavy (non-hydrogen) atoms. The van der Waals surface area contributed by atoms with E-state index in [4.69, 9.17) is 4.42 Å². The molecule has 96 valence electrons. The molecule has 3 rings (SSSR count). The molecular weight excluding hydrogens is 244 g/mol. The van der Waals surface area contributed by atoms with Crippen molar-refractivity contribution < 1.29 is 4.42 Å². The molecule has 0 spiro atoms. The van der Waals surface area contributed by atoms with Crippen LogP contribution in [0.1, 0.15) is 5.56 Å². The van der Waals surface area contributed by atoms with Crippen molar-refractivity contribution in [2.45, 2.75) is 0 Å². The number of para-hydroxylation sites is 1. The number of allylic oxidation sites excluding steroid dienone is 5. The Kier molecular flexibility index (Phi) is 3.70. The Morgan fingerprint density at radius 1 is 0.650 bits per heavy atom. The molecule has 0 unspecified atom stereocenters. The molecule has 0 saturated carbocycles. The fraction of sp³-hybridized carbons (Fsp3) is 0. The number of ketones is 1. The number of hydrogen-bond acceptors (Lipinski definition) is 0. The van der Waals surface area contributed by atoms with E-state index < -0.39 is 0 Å². The first-order valence-electron chi connectivity index (χ1n) is 6.63. The quantitative estimate of drug-likeness (QED) is 0.692. The highest BCUT2D eigenvalue weighted by Gasteiger charge is 2.09. The van der Waals surface area contributed by atoms with Crippen LogP contribution in [0.15, 0.2) is 90.5 Å². The van der Waals surface area contributed by atoms with Gasteiger partial charge in [-0.2, -0.15) is 0 Å². The predicted molar refractivity (Wildman–Crippen MR) is 83.6 cm³/mol. The molecule has 1 heteroatoms. The smallest absolute Gasteiger partial charge is 0.208 e. The Labute approximate surface area is 118 Å². The molecule has 0 radical (unpaired) electrons. The molecule has 2 aromatic rings. The fourth-order valence-electron chi connectivity index (χ4n) is 2.00. The lowest BCUT2D eigenvalue weighted by atomic mass is 10.1. The van der Waals surface area contributed by atoms with Crippen molar-refractivity contribution in [3.63, 3.8) is 0 Å². The van der Waals surface area contributed by atoms with Crippen LogP contribution >= 0.6 is 0 Å². The van der Waals surface area contributed by atoms with E-state index in [1.165, 1.54) is 5.56 Å². The van der Waals surface area contributed by atoms with Crippen LogP contribution in [0.25, 0.3) is 6.08 Å². The highest BCUT2D eigenvalue weighted by Crippen LogP contribution is 2.14. The van der Waals surface area contributed by atoms with Gasteiger partial charge in [-0.25, -0.2) is 4.42 Å². The third kappa shape index (κ3) is 3.21. The molecule has 1 aliphatic rings. The Morgan fingerprint density at radius 3 is 1.90 bits per heavy atom. The van der Waals surface area contributed by atoms with Gasteiger partial charge in [-0.3, -0.25) is 0 Å². The highest BCUT2D eigenvalue weighted by atomic mass is 16.4. The molecule has 0 fully saturated rings. The maximum atomic E-state index is 5.77. The van der Waals surface area contributed by atoms with Crippen LogP contribution in [0.5, 0.6) is 5.75 Å². The Bertz CT molecular complexity index is 610. The molecule has 0 heterocycles. The summed E-state index contributed by atoms with van der Waals surface area (Å²) in [6, 6.07) is 20.1. The molecular formula is C19H15O+. The molecule has 1 nitrogen and oxygen atoms in total. The second kappa shape index (κ2) is 5.98. The van der Waals surface area contributed by atoms with Crippen molar-refractivity contribution in [3.8, 4) is 5.75 Å². The van der Waals surface area contributed by atoms with E-state index in [0.717, 1.165) is 17.1 Å². The lowest BCUT2D eigenvalue weighted by Crippen LogP contribution is -1.95. The maximum absolute atomic E-state index is 5.77. The van der Waals surface area contributed by atoms with Crippen molar-refractivity contribution in [2.75, 3.05) is 0 Å². The van der Waals surface area contributed by atoms with E-state index in [0.29, 0.717) is 0 Å². The maximum Gasteiger partial charge on any atom is 0.353 e. The molecule has 0 N–H and O–H groups in total. The molecule has 1 aliphatic carbocycles. The summed E-state index contributed by atoms with van der Waals surface area (Å²) in [5.41, 5.74) is 2.36. The van der Waals surface area contributed by atoms with Crippen molar-refractivity contribution in [1.29, 1.82) is 0 Å². The number of hydrogen-bond donors (Lipinski definition) is 0. The second-order valence-corrected chi connectivity index (χ2v) is 4.54. The SMILES string of the molecule is C1=CC(=[O+]c2ccccc2)C=CC1=Cc1ccccc1. The zero-order chi connectivity index (χ0) is 13.6. The van der Waals surface area contributed by atoms with Crippen molar-refractivity contribution in [1.82, 2.24) is 0 Å². The van der Waals surface area contributed by atoms with Crippen LogP contribution in [0.3, 0.4) is 0 Å². The van der Waals surface area contributed by atoms with Gasteiger partial charge in [0.05, 0.1) is 0 Å². The Hall–Kier alpha value is -2.67. The number of carbonyl (C=O) groups excluding carboxylic acids is 1. The van der Waals surface area contributed by atoms with Crippen molar-refractivity contribution in [3.05, 3.63) is 96.1 Å². The van der Waals surface area contributed by atoms with Crippen LogP contribution in [0.2, 0.25) is 0 Å². The van der Waals surface area contributed by atoms with Gasteiger partial charge < -0.3 is 0 Å². The zero-order valence-electron chi connectivity index (χ0n) is 11.1. The third-order valence-electron chi connectivity index (χ3n) is 2.99. The van der Waals surface area contributed by atoms with E-state index in [-0.39, 0.29) is 0 Å². The van der Waals surface area contributed by atoms with E-state index in [9.17, 15) is 0 Å². The minimum Gasteiger partial charge on any atom is -0.208 e. The summed E-state index contributed by atoms with van der Waals surface area (Å²) in [6.07, 6.45) is 10.2. The van der Waals surface area contributed by atoms with Gasteiger partial charge in [0.2, 0.25) is 0 Å². The van der Waals surface area contributed by atoms with Crippen LogP contribution < -0.4 is 0 Å². The van der Waals surface area contributed by atoms with Gasteiger partial charge in [-0.15, -0.1) is 0 Å². The van der Waals surface area contributed by atoms with Crippen LogP contribution in [-0.4, -0.2) is 5.78 Å². The van der Waals surface area contributed by atoms with Gasteiger partial charge in [0, 0.05) is 24.3 Å². The summed E-state index contributed by atoms with van der Waals surface area (Å²) in [7, 11) is 0. The summed E-state index contributed by atoms with van der Waals surface area (Å²) in [5.74, 6) is 1.70. The summed E-state index contributed by atoms with van der Waals surface area (Å²) >= 11 is 0. The zero-order valence-corrected chi connectivity index (χ0v) is 11.1. The molecule has 0 atom stereocenters. The standard InChI is InChI=1S/C19H15O/c1-3-7-16(8-4-1)15-17-11-13-19(14-12-17)20-18-9-5-2-6-10-18/h1-15H/q+1. The monoisotopic (exact) mass is 259 g/mol. The topological polar surface area (TPSA) is 11.3 Å². The second-order valence-electron chi connectivity index (χ2n) is 4.54. The van der Waals surface area contributed by atoms with Gasteiger partial charge >= 0.3 is 11.5 Å². The van der Waals surface area contributed by atoms with Gasteiger partial charge in [-0.05, 0) is 29.4 Å². The first-order chi connectivity index (χ1) is 9.90.